The van der Waals surface area contributed by atoms with Crippen LogP contribution in [0.4, 0.5) is 0 Å². The summed E-state index contributed by atoms with van der Waals surface area (Å²) in [4.78, 5) is 11.4. The van der Waals surface area contributed by atoms with Crippen LogP contribution >= 0.6 is 11.3 Å². The quantitative estimate of drug-likeness (QED) is 0.197. The van der Waals surface area contributed by atoms with E-state index in [2.05, 4.69) is 117 Å². The molecule has 0 saturated heterocycles. The summed E-state index contributed by atoms with van der Waals surface area (Å²) in [6.45, 7) is 6.78. The molecule has 0 N–H and O–H groups in total. The van der Waals surface area contributed by atoms with Gasteiger partial charge in [0.2, 0.25) is 0 Å². The highest BCUT2D eigenvalue weighted by Gasteiger charge is 2.23. The van der Waals surface area contributed by atoms with Gasteiger partial charge in [-0.15, -0.1) is 11.3 Å². The summed E-state index contributed by atoms with van der Waals surface area (Å²) in [5.74, 6) is 0.888. The standard InChI is InChI=1S/C42H35N3S/c1-26-15-18-29(19-16-26)34-23-22-31-38-27(2)17-21-32(39(38)46-41(31)44-34)40-43-35-13-9-10-14-37(35)45(40)36-24-20-30(42(3,4)5)25-33(36)28-11-7-6-8-12-28/h6-25H,1-5H3/i1D3. The molecule has 0 aliphatic rings. The van der Waals surface area contributed by atoms with Gasteiger partial charge in [-0.05, 0) is 78.3 Å². The van der Waals surface area contributed by atoms with Crippen molar-refractivity contribution in [2.45, 2.75) is 40.0 Å². The second-order valence-electron chi connectivity index (χ2n) is 13.0. The van der Waals surface area contributed by atoms with Crippen molar-refractivity contribution in [3.63, 3.8) is 0 Å². The van der Waals surface area contributed by atoms with Crippen LogP contribution < -0.4 is 0 Å². The normalized spacial score (nSPS) is 13.3. The third-order valence-corrected chi connectivity index (χ3v) is 10.00. The molecule has 0 unspecified atom stereocenters. The molecule has 0 radical (unpaired) electrons. The Morgan fingerprint density at radius 3 is 2.28 bits per heavy atom. The summed E-state index contributed by atoms with van der Waals surface area (Å²) in [5, 5.41) is 2.28. The molecule has 0 fully saturated rings. The smallest absolute Gasteiger partial charge is 0.147 e. The molecule has 5 aromatic carbocycles. The van der Waals surface area contributed by atoms with Crippen molar-refractivity contribution < 1.29 is 4.11 Å². The highest BCUT2D eigenvalue weighted by molar-refractivity contribution is 7.26. The van der Waals surface area contributed by atoms with Crippen molar-refractivity contribution in [1.29, 1.82) is 0 Å². The Kier molecular flexibility index (Phi) is 5.90. The number of pyridine rings is 1. The molecule has 0 amide bonds. The molecule has 0 spiro atoms. The Bertz CT molecular complexity index is 2520. The summed E-state index contributed by atoms with van der Waals surface area (Å²) in [7, 11) is 0. The summed E-state index contributed by atoms with van der Waals surface area (Å²) in [5.41, 5.74) is 10.9. The van der Waals surface area contributed by atoms with E-state index in [0.29, 0.717) is 5.56 Å². The second-order valence-corrected chi connectivity index (χ2v) is 14.0. The topological polar surface area (TPSA) is 30.7 Å². The Morgan fingerprint density at radius 2 is 1.50 bits per heavy atom. The van der Waals surface area contributed by atoms with E-state index in [-0.39, 0.29) is 5.41 Å². The number of aryl methyl sites for hydroxylation is 2. The van der Waals surface area contributed by atoms with E-state index in [4.69, 9.17) is 14.1 Å². The van der Waals surface area contributed by atoms with Gasteiger partial charge >= 0.3 is 0 Å². The Morgan fingerprint density at radius 1 is 0.717 bits per heavy atom. The first-order valence-corrected chi connectivity index (χ1v) is 16.4. The van der Waals surface area contributed by atoms with Crippen LogP contribution in [0.1, 0.15) is 41.6 Å². The van der Waals surface area contributed by atoms with Gasteiger partial charge in [-0.25, -0.2) is 9.97 Å². The van der Waals surface area contributed by atoms with Crippen LogP contribution in [0.15, 0.2) is 121 Å². The molecule has 0 saturated carbocycles. The molecule has 224 valence electrons. The van der Waals surface area contributed by atoms with Crippen LogP contribution in [0.5, 0.6) is 0 Å². The van der Waals surface area contributed by atoms with Crippen LogP contribution in [0.3, 0.4) is 0 Å². The third-order valence-electron chi connectivity index (χ3n) is 8.87. The van der Waals surface area contributed by atoms with Gasteiger partial charge in [-0.3, -0.25) is 4.57 Å². The number of hydrogen-bond acceptors (Lipinski definition) is 3. The number of para-hydroxylation sites is 2. The van der Waals surface area contributed by atoms with Gasteiger partial charge in [0, 0.05) is 36.3 Å². The van der Waals surface area contributed by atoms with Crippen molar-refractivity contribution in [1.82, 2.24) is 14.5 Å². The van der Waals surface area contributed by atoms with Crippen LogP contribution in [0, 0.1) is 13.8 Å². The number of imidazole rings is 1. The lowest BCUT2D eigenvalue weighted by atomic mass is 9.85. The van der Waals surface area contributed by atoms with Gasteiger partial charge in [-0.2, -0.15) is 0 Å². The molecule has 8 aromatic rings. The second kappa shape index (κ2) is 10.8. The van der Waals surface area contributed by atoms with E-state index in [1.165, 1.54) is 16.5 Å². The van der Waals surface area contributed by atoms with Crippen LogP contribution in [-0.2, 0) is 5.41 Å². The maximum absolute atomic E-state index is 7.74. The van der Waals surface area contributed by atoms with Gasteiger partial charge in [0.15, 0.2) is 0 Å². The van der Waals surface area contributed by atoms with Crippen LogP contribution in [-0.4, -0.2) is 14.5 Å². The predicted molar refractivity (Wildman–Crippen MR) is 196 cm³/mol. The average Bonchev–Trinajstić information content (AvgIpc) is 3.67. The number of thiophene rings is 1. The predicted octanol–water partition coefficient (Wildman–Crippen LogP) is 11.7. The van der Waals surface area contributed by atoms with Crippen molar-refractivity contribution >= 4 is 42.7 Å². The Balaban J connectivity index is 1.36. The molecular weight excluding hydrogens is 579 g/mol. The largest absolute Gasteiger partial charge is 0.292 e. The molecule has 3 heterocycles. The minimum atomic E-state index is -2.14. The maximum Gasteiger partial charge on any atom is 0.147 e. The number of benzene rings is 5. The zero-order valence-corrected chi connectivity index (χ0v) is 27.1. The lowest BCUT2D eigenvalue weighted by molar-refractivity contribution is 0.590. The van der Waals surface area contributed by atoms with Crippen molar-refractivity contribution in [2.75, 3.05) is 0 Å². The van der Waals surface area contributed by atoms with E-state index in [1.807, 2.05) is 24.3 Å². The number of aromatic nitrogens is 3. The minimum Gasteiger partial charge on any atom is -0.292 e. The average molecular weight is 617 g/mol. The summed E-state index contributed by atoms with van der Waals surface area (Å²) in [6.07, 6.45) is 0. The fraction of sp³-hybridized carbons (Fsp3) is 0.143. The highest BCUT2D eigenvalue weighted by atomic mass is 32.1. The molecule has 46 heavy (non-hydrogen) atoms. The first-order chi connectivity index (χ1) is 23.5. The molecule has 3 nitrogen and oxygen atoms in total. The summed E-state index contributed by atoms with van der Waals surface area (Å²) >= 11 is 1.68. The van der Waals surface area contributed by atoms with E-state index in [1.54, 1.807) is 23.5 Å². The van der Waals surface area contributed by atoms with Gasteiger partial charge < -0.3 is 0 Å². The maximum atomic E-state index is 7.74. The Hall–Kier alpha value is -5.06. The first kappa shape index (κ1) is 25.2. The van der Waals surface area contributed by atoms with Gasteiger partial charge in [0.05, 0.1) is 22.4 Å². The highest BCUT2D eigenvalue weighted by Crippen LogP contribution is 2.44. The lowest BCUT2D eigenvalue weighted by Gasteiger charge is -2.23. The molecule has 0 bridgehead atoms. The number of rotatable bonds is 4. The van der Waals surface area contributed by atoms with Crippen LogP contribution in [0.25, 0.3) is 70.8 Å². The third kappa shape index (κ3) is 4.72. The molecule has 4 heteroatoms. The van der Waals surface area contributed by atoms with E-state index >= 15 is 0 Å². The zero-order chi connectivity index (χ0) is 34.1. The van der Waals surface area contributed by atoms with Gasteiger partial charge in [-0.1, -0.05) is 105 Å². The fourth-order valence-corrected chi connectivity index (χ4v) is 7.66. The number of nitrogens with zero attached hydrogens (tertiary/aromatic N) is 3. The monoisotopic (exact) mass is 616 g/mol. The molecule has 0 aliphatic heterocycles. The Labute approximate surface area is 278 Å². The van der Waals surface area contributed by atoms with Gasteiger partial charge in [0.1, 0.15) is 10.7 Å². The van der Waals surface area contributed by atoms with E-state index in [9.17, 15) is 0 Å². The molecular formula is C42H35N3S. The van der Waals surface area contributed by atoms with Crippen LogP contribution in [0.2, 0.25) is 0 Å². The summed E-state index contributed by atoms with van der Waals surface area (Å²) < 4.78 is 26.7. The van der Waals surface area contributed by atoms with E-state index in [0.717, 1.165) is 65.4 Å². The number of hydrogen-bond donors (Lipinski definition) is 0. The van der Waals surface area contributed by atoms with Crippen molar-refractivity contribution in [2.24, 2.45) is 0 Å². The SMILES string of the molecule is [2H]C([2H])([2H])c1ccc(-c2ccc3c(n2)sc2c(-c4nc5ccccc5n4-c4ccc(C(C)(C)C)cc4-c4ccccc4)ccc(C)c23)cc1. The lowest BCUT2D eigenvalue weighted by Crippen LogP contribution is -2.12. The van der Waals surface area contributed by atoms with E-state index < -0.39 is 6.85 Å². The fourth-order valence-electron chi connectivity index (χ4n) is 6.40. The first-order valence-electron chi connectivity index (χ1n) is 17.1. The summed E-state index contributed by atoms with van der Waals surface area (Å²) in [6, 6.07) is 41.4. The van der Waals surface area contributed by atoms with Gasteiger partial charge in [0.25, 0.3) is 0 Å². The molecule has 3 aromatic heterocycles. The minimum absolute atomic E-state index is 0.00849. The molecule has 8 rings (SSSR count). The molecule has 0 aliphatic carbocycles. The zero-order valence-electron chi connectivity index (χ0n) is 29.3. The number of fused-ring (bicyclic) bond motifs is 4. The van der Waals surface area contributed by atoms with Crippen molar-refractivity contribution in [3.8, 4) is 39.5 Å². The molecule has 0 atom stereocenters. The van der Waals surface area contributed by atoms with Crippen molar-refractivity contribution in [3.05, 3.63) is 138 Å².